The van der Waals surface area contributed by atoms with Crippen molar-refractivity contribution in [1.29, 1.82) is 0 Å². The monoisotopic (exact) mass is 400 g/mol. The maximum Gasteiger partial charge on any atom is 0.198 e. The summed E-state index contributed by atoms with van der Waals surface area (Å²) in [6, 6.07) is 11.9. The van der Waals surface area contributed by atoms with Crippen molar-refractivity contribution in [3.63, 3.8) is 0 Å². The summed E-state index contributed by atoms with van der Waals surface area (Å²) in [7, 11) is 2.01. The van der Waals surface area contributed by atoms with Crippen molar-refractivity contribution in [2.24, 2.45) is 7.05 Å². The maximum absolute atomic E-state index is 9.46. The van der Waals surface area contributed by atoms with E-state index < -0.39 is 0 Å². The highest BCUT2D eigenvalue weighted by molar-refractivity contribution is 7.71. The van der Waals surface area contributed by atoms with Gasteiger partial charge in [0.05, 0.1) is 6.67 Å². The van der Waals surface area contributed by atoms with Crippen LogP contribution in [0.2, 0.25) is 0 Å². The van der Waals surface area contributed by atoms with Gasteiger partial charge in [0.15, 0.2) is 4.77 Å². The van der Waals surface area contributed by atoms with Gasteiger partial charge in [-0.1, -0.05) is 18.2 Å². The Hall–Kier alpha value is -1.96. The first-order valence-electron chi connectivity index (χ1n) is 9.26. The number of rotatable bonds is 5. The Morgan fingerprint density at radius 3 is 2.59 bits per heavy atom. The molecule has 1 saturated heterocycles. The van der Waals surface area contributed by atoms with E-state index in [0.717, 1.165) is 49.6 Å². The van der Waals surface area contributed by atoms with E-state index in [4.69, 9.17) is 17.3 Å². The van der Waals surface area contributed by atoms with Gasteiger partial charge in [-0.2, -0.15) is 5.10 Å². The molecule has 7 heteroatoms. The number of aromatic hydroxyl groups is 1. The van der Waals surface area contributed by atoms with Crippen LogP contribution in [0.15, 0.2) is 41.8 Å². The quantitative estimate of drug-likeness (QED) is 0.654. The molecule has 0 aliphatic carbocycles. The minimum Gasteiger partial charge on any atom is -0.508 e. The number of aromatic nitrogens is 3. The van der Waals surface area contributed by atoms with Gasteiger partial charge in [0.1, 0.15) is 11.6 Å². The second kappa shape index (κ2) is 7.96. The minimum atomic E-state index is 0.332. The standard InChI is InChI=1S/C20H24N4OS2/c1-22-19(13-18-3-2-12-27-18)21-24(20(22)26)14-23-10-8-16(9-11-23)15-4-6-17(25)7-5-15/h2-7,12,16,25H,8-11,13-14H2,1H3. The number of nitrogens with zero attached hydrogens (tertiary/aromatic N) is 4. The van der Waals surface area contributed by atoms with Crippen LogP contribution in [0, 0.1) is 4.77 Å². The van der Waals surface area contributed by atoms with E-state index in [1.807, 2.05) is 28.4 Å². The third-order valence-electron chi connectivity index (χ3n) is 5.33. The van der Waals surface area contributed by atoms with Crippen molar-refractivity contribution in [2.75, 3.05) is 13.1 Å². The van der Waals surface area contributed by atoms with E-state index in [1.165, 1.54) is 10.4 Å². The lowest BCUT2D eigenvalue weighted by Gasteiger charge is -2.31. The minimum absolute atomic E-state index is 0.332. The number of hydrogen-bond acceptors (Lipinski definition) is 5. The van der Waals surface area contributed by atoms with Crippen molar-refractivity contribution in [1.82, 2.24) is 19.2 Å². The Bertz CT molecular complexity index is 936. The summed E-state index contributed by atoms with van der Waals surface area (Å²) < 4.78 is 4.76. The van der Waals surface area contributed by atoms with Gasteiger partial charge in [0.25, 0.3) is 0 Å². The number of benzene rings is 1. The fourth-order valence-corrected chi connectivity index (χ4v) is 4.60. The average molecular weight is 401 g/mol. The number of phenolic OH excluding ortho intramolecular Hbond substituents is 1. The summed E-state index contributed by atoms with van der Waals surface area (Å²) in [5, 5.41) is 16.3. The van der Waals surface area contributed by atoms with Crippen LogP contribution in [-0.2, 0) is 20.1 Å². The zero-order valence-corrected chi connectivity index (χ0v) is 17.0. The summed E-state index contributed by atoms with van der Waals surface area (Å²) in [5.74, 6) is 1.91. The van der Waals surface area contributed by atoms with E-state index in [1.54, 1.807) is 23.5 Å². The first-order valence-corrected chi connectivity index (χ1v) is 10.6. The predicted molar refractivity (Wildman–Crippen MR) is 111 cm³/mol. The zero-order chi connectivity index (χ0) is 18.8. The highest BCUT2D eigenvalue weighted by atomic mass is 32.1. The van der Waals surface area contributed by atoms with E-state index in [0.29, 0.717) is 11.7 Å². The summed E-state index contributed by atoms with van der Waals surface area (Å²) in [4.78, 5) is 3.73. The summed E-state index contributed by atoms with van der Waals surface area (Å²) >= 11 is 7.36. The van der Waals surface area contributed by atoms with Crippen molar-refractivity contribution in [3.8, 4) is 5.75 Å². The number of thiophene rings is 1. The Labute approximate surface area is 168 Å². The molecule has 142 valence electrons. The summed E-state index contributed by atoms with van der Waals surface area (Å²) in [5.41, 5.74) is 1.32. The van der Waals surface area contributed by atoms with Crippen LogP contribution in [-0.4, -0.2) is 37.4 Å². The molecule has 1 fully saturated rings. The van der Waals surface area contributed by atoms with Crippen molar-refractivity contribution in [2.45, 2.75) is 31.8 Å². The Kier molecular flexibility index (Phi) is 5.43. The van der Waals surface area contributed by atoms with E-state index in [9.17, 15) is 5.11 Å². The molecule has 0 atom stereocenters. The van der Waals surface area contributed by atoms with Gasteiger partial charge in [-0.3, -0.25) is 4.90 Å². The molecular weight excluding hydrogens is 376 g/mol. The molecule has 0 bridgehead atoms. The topological polar surface area (TPSA) is 46.2 Å². The highest BCUT2D eigenvalue weighted by Crippen LogP contribution is 2.29. The lowest BCUT2D eigenvalue weighted by atomic mass is 9.89. The van der Waals surface area contributed by atoms with Crippen molar-refractivity contribution < 1.29 is 5.11 Å². The molecule has 1 aliphatic heterocycles. The summed E-state index contributed by atoms with van der Waals surface area (Å²) in [6.07, 6.45) is 3.06. The number of piperidine rings is 1. The Morgan fingerprint density at radius 2 is 1.93 bits per heavy atom. The average Bonchev–Trinajstić information content (AvgIpc) is 3.28. The molecule has 3 aromatic rings. The molecule has 1 aromatic carbocycles. The molecule has 0 spiro atoms. The molecule has 0 saturated carbocycles. The molecule has 27 heavy (non-hydrogen) atoms. The largest absolute Gasteiger partial charge is 0.508 e. The van der Waals surface area contributed by atoms with Crippen LogP contribution < -0.4 is 0 Å². The third kappa shape index (κ3) is 4.15. The SMILES string of the molecule is Cn1c(Cc2cccs2)nn(CN2CCC(c3ccc(O)cc3)CC2)c1=S. The van der Waals surface area contributed by atoms with Crippen LogP contribution in [0.1, 0.15) is 35.0 Å². The lowest BCUT2D eigenvalue weighted by molar-refractivity contribution is 0.160. The van der Waals surface area contributed by atoms with Crippen LogP contribution in [0.4, 0.5) is 0 Å². The number of phenols is 1. The van der Waals surface area contributed by atoms with Gasteiger partial charge in [-0.25, -0.2) is 4.68 Å². The second-order valence-electron chi connectivity index (χ2n) is 7.14. The molecule has 0 unspecified atom stereocenters. The van der Waals surface area contributed by atoms with E-state index >= 15 is 0 Å². The predicted octanol–water partition coefficient (Wildman–Crippen LogP) is 4.15. The lowest BCUT2D eigenvalue weighted by Crippen LogP contribution is -2.34. The zero-order valence-electron chi connectivity index (χ0n) is 15.4. The Balaban J connectivity index is 1.39. The fraction of sp³-hybridized carbons (Fsp3) is 0.400. The normalized spacial score (nSPS) is 16.0. The Morgan fingerprint density at radius 1 is 1.19 bits per heavy atom. The van der Waals surface area contributed by atoms with Gasteiger partial charge in [0.2, 0.25) is 0 Å². The molecule has 0 amide bonds. The number of hydrogen-bond donors (Lipinski definition) is 1. The first-order chi connectivity index (χ1) is 13.1. The number of likely N-dealkylation sites (tertiary alicyclic amines) is 1. The van der Waals surface area contributed by atoms with Crippen LogP contribution in [0.3, 0.4) is 0 Å². The second-order valence-corrected chi connectivity index (χ2v) is 8.54. The fourth-order valence-electron chi connectivity index (χ4n) is 3.69. The molecular formula is C20H24N4OS2. The van der Waals surface area contributed by atoms with Crippen LogP contribution in [0.5, 0.6) is 5.75 Å². The smallest absolute Gasteiger partial charge is 0.198 e. The molecule has 0 radical (unpaired) electrons. The van der Waals surface area contributed by atoms with E-state index in [-0.39, 0.29) is 0 Å². The van der Waals surface area contributed by atoms with Crippen LogP contribution in [0.25, 0.3) is 0 Å². The molecule has 2 aromatic heterocycles. The molecule has 4 rings (SSSR count). The van der Waals surface area contributed by atoms with E-state index in [2.05, 4.69) is 22.4 Å². The van der Waals surface area contributed by atoms with Gasteiger partial charge >= 0.3 is 0 Å². The first kappa shape index (κ1) is 18.4. The third-order valence-corrected chi connectivity index (χ3v) is 6.69. The molecule has 1 aliphatic rings. The van der Waals surface area contributed by atoms with Crippen molar-refractivity contribution >= 4 is 23.6 Å². The molecule has 3 heterocycles. The van der Waals surface area contributed by atoms with Gasteiger partial charge in [-0.05, 0) is 60.1 Å². The van der Waals surface area contributed by atoms with Crippen molar-refractivity contribution in [3.05, 3.63) is 62.8 Å². The molecule has 5 nitrogen and oxygen atoms in total. The maximum atomic E-state index is 9.46. The summed E-state index contributed by atoms with van der Waals surface area (Å²) in [6.45, 7) is 2.81. The van der Waals surface area contributed by atoms with Crippen LogP contribution >= 0.6 is 23.6 Å². The molecule has 1 N–H and O–H groups in total. The van der Waals surface area contributed by atoms with Gasteiger partial charge in [-0.15, -0.1) is 11.3 Å². The highest BCUT2D eigenvalue weighted by Gasteiger charge is 2.21. The van der Waals surface area contributed by atoms with Gasteiger partial charge in [0, 0.05) is 31.4 Å². The van der Waals surface area contributed by atoms with Gasteiger partial charge < -0.3 is 9.67 Å².